The van der Waals surface area contributed by atoms with Crippen LogP contribution in [0, 0.1) is 0 Å². The van der Waals surface area contributed by atoms with Crippen molar-refractivity contribution in [2.75, 3.05) is 35.6 Å². The van der Waals surface area contributed by atoms with Gasteiger partial charge in [-0.25, -0.2) is 14.8 Å². The molecular formula is C29H39N7O7. The molecule has 0 spiro atoms. The number of likely N-dealkylation sites (tertiary alicyclic amines) is 1. The predicted molar refractivity (Wildman–Crippen MR) is 155 cm³/mol. The standard InChI is InChI=1S/C29H39N7O7/c1-2-36(24-20(30)23(31-16-32-24)34-28(39)33-18-11-6-7-12-18)25-21-22(42-27(41-21)17-9-4-3-5-10-17)29(40,43-25)15-35-14-8-13-19(35)26(37)38/h3-5,9-10,16,18-19,21-22,25,27,40H,2,6-8,11-15,30H2,1H3,(H,37,38)(H2,31,32,33,34,39). The first-order valence-corrected chi connectivity index (χ1v) is 14.9. The van der Waals surface area contributed by atoms with Gasteiger partial charge in [0.05, 0.1) is 6.54 Å². The van der Waals surface area contributed by atoms with E-state index in [-0.39, 0.29) is 29.9 Å². The second kappa shape index (κ2) is 12.2. The summed E-state index contributed by atoms with van der Waals surface area (Å²) in [6.45, 7) is 2.64. The van der Waals surface area contributed by atoms with Crippen LogP contribution in [-0.2, 0) is 19.0 Å². The van der Waals surface area contributed by atoms with Gasteiger partial charge in [-0.3, -0.25) is 15.0 Å². The summed E-state index contributed by atoms with van der Waals surface area (Å²) in [5, 5.41) is 27.5. The van der Waals surface area contributed by atoms with Crippen molar-refractivity contribution in [1.82, 2.24) is 20.2 Å². The predicted octanol–water partition coefficient (Wildman–Crippen LogP) is 2.03. The normalized spacial score (nSPS) is 30.8. The van der Waals surface area contributed by atoms with Gasteiger partial charge < -0.3 is 40.4 Å². The molecule has 6 unspecified atom stereocenters. The highest BCUT2D eigenvalue weighted by Crippen LogP contribution is 2.47. The SMILES string of the molecule is CCN(c1ncnc(NC(=O)NC2CCCC2)c1N)C1OC(O)(CN2CCCC2C(=O)O)C2OC(c3ccccc3)OC12. The lowest BCUT2D eigenvalue weighted by Crippen LogP contribution is -2.53. The third kappa shape index (κ3) is 5.85. The smallest absolute Gasteiger partial charge is 0.320 e. The zero-order valence-electron chi connectivity index (χ0n) is 24.1. The van der Waals surface area contributed by atoms with Gasteiger partial charge in [-0.1, -0.05) is 43.2 Å². The third-order valence-electron chi connectivity index (χ3n) is 8.76. The van der Waals surface area contributed by atoms with E-state index in [1.807, 2.05) is 37.3 Å². The number of nitrogen functional groups attached to an aromatic ring is 1. The Morgan fingerprint density at radius 3 is 2.63 bits per heavy atom. The van der Waals surface area contributed by atoms with Crippen molar-refractivity contribution in [2.45, 2.75) is 88.0 Å². The van der Waals surface area contributed by atoms with Gasteiger partial charge in [-0.05, 0) is 39.2 Å². The molecule has 0 bridgehead atoms. The van der Waals surface area contributed by atoms with Crippen molar-refractivity contribution in [3.8, 4) is 0 Å². The van der Waals surface area contributed by atoms with Gasteiger partial charge in [0, 0.05) is 18.2 Å². The second-order valence-electron chi connectivity index (χ2n) is 11.5. The topological polar surface area (TPSA) is 185 Å². The Balaban J connectivity index is 1.27. The zero-order valence-corrected chi connectivity index (χ0v) is 24.1. The molecule has 1 saturated carbocycles. The monoisotopic (exact) mass is 597 g/mol. The van der Waals surface area contributed by atoms with Crippen molar-refractivity contribution in [1.29, 1.82) is 0 Å². The third-order valence-corrected chi connectivity index (χ3v) is 8.76. The molecule has 3 aliphatic heterocycles. The maximum atomic E-state index is 12.7. The first kappa shape index (κ1) is 29.5. The molecule has 2 aromatic rings. The lowest BCUT2D eigenvalue weighted by molar-refractivity contribution is -0.262. The second-order valence-corrected chi connectivity index (χ2v) is 11.5. The summed E-state index contributed by atoms with van der Waals surface area (Å²) in [6, 6.07) is 8.36. The summed E-state index contributed by atoms with van der Waals surface area (Å²) in [5.74, 6) is -2.40. The number of aliphatic hydroxyl groups is 1. The molecule has 4 fully saturated rings. The Morgan fingerprint density at radius 2 is 1.91 bits per heavy atom. The van der Waals surface area contributed by atoms with Gasteiger partial charge in [-0.15, -0.1) is 0 Å². The van der Waals surface area contributed by atoms with E-state index in [0.717, 1.165) is 31.2 Å². The molecule has 43 heavy (non-hydrogen) atoms. The minimum absolute atomic E-state index is 0.0859. The van der Waals surface area contributed by atoms with Gasteiger partial charge in [0.2, 0.25) is 5.79 Å². The average Bonchev–Trinajstić information content (AvgIpc) is 3.79. The lowest BCUT2D eigenvalue weighted by Gasteiger charge is -2.36. The van der Waals surface area contributed by atoms with Crippen molar-refractivity contribution in [3.05, 3.63) is 42.2 Å². The molecule has 14 nitrogen and oxygen atoms in total. The number of β-amino-alcohol motifs (C(OH)–C–C–N with tert-alkyl or cyclic N) is 1. The zero-order chi connectivity index (χ0) is 30.1. The van der Waals surface area contributed by atoms with E-state index < -0.39 is 48.6 Å². The molecule has 6 atom stereocenters. The maximum Gasteiger partial charge on any atom is 0.320 e. The number of fused-ring (bicyclic) bond motifs is 1. The molecule has 14 heteroatoms. The first-order chi connectivity index (χ1) is 20.8. The largest absolute Gasteiger partial charge is 0.480 e. The van der Waals surface area contributed by atoms with Crippen LogP contribution in [0.25, 0.3) is 0 Å². The molecule has 6 rings (SSSR count). The number of likely N-dealkylation sites (N-methyl/N-ethyl adjacent to an activating group) is 1. The fraction of sp³-hybridized carbons (Fsp3) is 0.586. The van der Waals surface area contributed by atoms with Crippen LogP contribution >= 0.6 is 0 Å². The van der Waals surface area contributed by atoms with Gasteiger partial charge >= 0.3 is 12.0 Å². The molecule has 1 aromatic heterocycles. The molecule has 2 amide bonds. The highest BCUT2D eigenvalue weighted by molar-refractivity contribution is 5.93. The number of carboxylic acid groups (broad SMARTS) is 1. The van der Waals surface area contributed by atoms with Crippen LogP contribution in [0.3, 0.4) is 0 Å². The van der Waals surface area contributed by atoms with E-state index >= 15 is 0 Å². The number of rotatable bonds is 9. The number of carbonyl (C=O) groups is 2. The van der Waals surface area contributed by atoms with Crippen LogP contribution in [-0.4, -0.2) is 93.0 Å². The van der Waals surface area contributed by atoms with E-state index in [1.54, 1.807) is 9.80 Å². The molecule has 4 aliphatic rings. The van der Waals surface area contributed by atoms with E-state index in [9.17, 15) is 19.8 Å². The Hall–Kier alpha value is -3.56. The van der Waals surface area contributed by atoms with E-state index in [2.05, 4.69) is 20.6 Å². The van der Waals surface area contributed by atoms with Crippen LogP contribution in [0.4, 0.5) is 22.1 Å². The van der Waals surface area contributed by atoms with Crippen molar-refractivity contribution in [3.63, 3.8) is 0 Å². The number of amides is 2. The summed E-state index contributed by atoms with van der Waals surface area (Å²) in [7, 11) is 0. The number of carboxylic acids is 1. The quantitative estimate of drug-likeness (QED) is 0.284. The number of anilines is 3. The number of nitrogens with two attached hydrogens (primary N) is 1. The molecule has 3 saturated heterocycles. The summed E-state index contributed by atoms with van der Waals surface area (Å²) >= 11 is 0. The Morgan fingerprint density at radius 1 is 1.14 bits per heavy atom. The van der Waals surface area contributed by atoms with Gasteiger partial charge in [-0.2, -0.15) is 0 Å². The van der Waals surface area contributed by atoms with Crippen LogP contribution in [0.1, 0.15) is 57.3 Å². The number of nitrogens with one attached hydrogen (secondary N) is 2. The molecule has 0 radical (unpaired) electrons. The molecule has 4 heterocycles. The van der Waals surface area contributed by atoms with Crippen LogP contribution < -0.4 is 21.3 Å². The molecule has 1 aromatic carbocycles. The molecule has 1 aliphatic carbocycles. The highest BCUT2D eigenvalue weighted by Gasteiger charge is 2.63. The number of benzene rings is 1. The number of urea groups is 1. The number of hydrogen-bond acceptors (Lipinski definition) is 11. The summed E-state index contributed by atoms with van der Waals surface area (Å²) < 4.78 is 19.0. The summed E-state index contributed by atoms with van der Waals surface area (Å²) in [5.41, 5.74) is 7.42. The fourth-order valence-electron chi connectivity index (χ4n) is 6.67. The lowest BCUT2D eigenvalue weighted by atomic mass is 10.1. The minimum atomic E-state index is -1.89. The number of aliphatic carboxylic acids is 1. The average molecular weight is 598 g/mol. The fourth-order valence-corrected chi connectivity index (χ4v) is 6.67. The van der Waals surface area contributed by atoms with E-state index in [4.69, 9.17) is 19.9 Å². The number of carbonyl (C=O) groups excluding carboxylic acids is 1. The van der Waals surface area contributed by atoms with Crippen molar-refractivity contribution >= 4 is 29.3 Å². The van der Waals surface area contributed by atoms with E-state index in [1.165, 1.54) is 6.33 Å². The van der Waals surface area contributed by atoms with Crippen LogP contribution in [0.15, 0.2) is 36.7 Å². The van der Waals surface area contributed by atoms with Crippen molar-refractivity contribution in [2.24, 2.45) is 0 Å². The number of hydrogen-bond donors (Lipinski definition) is 5. The highest BCUT2D eigenvalue weighted by atomic mass is 16.8. The first-order valence-electron chi connectivity index (χ1n) is 14.9. The van der Waals surface area contributed by atoms with Gasteiger partial charge in [0.15, 0.2) is 24.2 Å². The minimum Gasteiger partial charge on any atom is -0.480 e. The Labute approximate surface area is 249 Å². The Bertz CT molecular complexity index is 1310. The van der Waals surface area contributed by atoms with E-state index in [0.29, 0.717) is 25.9 Å². The van der Waals surface area contributed by atoms with Crippen molar-refractivity contribution < 1.29 is 34.0 Å². The number of ether oxygens (including phenoxy) is 3. The van der Waals surface area contributed by atoms with Gasteiger partial charge in [0.1, 0.15) is 30.3 Å². The van der Waals surface area contributed by atoms with Crippen LogP contribution in [0.5, 0.6) is 0 Å². The molecule has 6 N–H and O–H groups in total. The summed E-state index contributed by atoms with van der Waals surface area (Å²) in [4.78, 5) is 36.6. The molecule has 232 valence electrons. The number of nitrogens with zero attached hydrogens (tertiary/aromatic N) is 4. The van der Waals surface area contributed by atoms with Gasteiger partial charge in [0.25, 0.3) is 0 Å². The summed E-state index contributed by atoms with van der Waals surface area (Å²) in [6.07, 6.45) is 3.10. The maximum absolute atomic E-state index is 12.7. The Kier molecular flexibility index (Phi) is 8.38. The number of aromatic nitrogens is 2. The van der Waals surface area contributed by atoms with Crippen LogP contribution in [0.2, 0.25) is 0 Å². The molecular weight excluding hydrogens is 558 g/mol.